The Kier molecular flexibility index (Phi) is 2.20. The summed E-state index contributed by atoms with van der Waals surface area (Å²) in [5.74, 6) is 0. The fourth-order valence-electron chi connectivity index (χ4n) is 1.48. The van der Waals surface area contributed by atoms with Crippen molar-refractivity contribution in [2.75, 3.05) is 0 Å². The number of rotatable bonds is 1. The predicted octanol–water partition coefficient (Wildman–Crippen LogP) is 1.46. The average Bonchev–Trinajstić information content (AvgIpc) is 1.99. The summed E-state index contributed by atoms with van der Waals surface area (Å²) in [7, 11) is 0. The van der Waals surface area contributed by atoms with Crippen molar-refractivity contribution >= 4 is 6.29 Å². The van der Waals surface area contributed by atoms with Gasteiger partial charge in [0.15, 0.2) is 0 Å². The molecule has 0 fully saturated rings. The lowest BCUT2D eigenvalue weighted by Gasteiger charge is -2.28. The largest absolute Gasteiger partial charge is 0.385 e. The van der Waals surface area contributed by atoms with Crippen molar-refractivity contribution in [2.24, 2.45) is 5.41 Å². The molecule has 0 heterocycles. The van der Waals surface area contributed by atoms with Crippen LogP contribution in [0.5, 0.6) is 0 Å². The van der Waals surface area contributed by atoms with Gasteiger partial charge in [-0.3, -0.25) is 4.79 Å². The van der Waals surface area contributed by atoms with Crippen LogP contribution < -0.4 is 0 Å². The first-order valence-electron chi connectivity index (χ1n) is 4.03. The molecule has 0 aromatic carbocycles. The topological polar surface area (TPSA) is 37.3 Å². The van der Waals surface area contributed by atoms with Crippen LogP contribution in [0.1, 0.15) is 20.8 Å². The molecule has 0 unspecified atom stereocenters. The van der Waals surface area contributed by atoms with Crippen LogP contribution in [-0.2, 0) is 4.79 Å². The van der Waals surface area contributed by atoms with Gasteiger partial charge >= 0.3 is 0 Å². The molecular weight excluding hydrogens is 152 g/mol. The fourth-order valence-corrected chi connectivity index (χ4v) is 1.48. The number of hydrogen-bond acceptors (Lipinski definition) is 2. The number of carbonyl (C=O) groups excluding carboxylic acids is 1. The van der Waals surface area contributed by atoms with E-state index < -0.39 is 6.10 Å². The number of carbonyl (C=O) groups is 1. The lowest BCUT2D eigenvalue weighted by atomic mass is 9.77. The molecular formula is C10H14O2. The number of allylic oxidation sites excluding steroid dienone is 2. The molecule has 1 atom stereocenters. The molecule has 1 N–H and O–H groups in total. The van der Waals surface area contributed by atoms with Crippen molar-refractivity contribution in [1.82, 2.24) is 0 Å². The first kappa shape index (κ1) is 9.20. The maximum atomic E-state index is 10.7. The zero-order chi connectivity index (χ0) is 9.35. The fraction of sp³-hybridized carbons (Fsp3) is 0.500. The monoisotopic (exact) mass is 166 g/mol. The van der Waals surface area contributed by atoms with Crippen LogP contribution in [0.15, 0.2) is 23.3 Å². The van der Waals surface area contributed by atoms with Gasteiger partial charge in [0.2, 0.25) is 0 Å². The van der Waals surface area contributed by atoms with E-state index >= 15 is 0 Å². The Balaban J connectivity index is 3.15. The molecule has 0 aliphatic heterocycles. The Hall–Kier alpha value is -0.890. The highest BCUT2D eigenvalue weighted by atomic mass is 16.3. The molecule has 0 amide bonds. The van der Waals surface area contributed by atoms with Gasteiger partial charge in [0.1, 0.15) is 6.29 Å². The molecule has 0 saturated heterocycles. The number of aliphatic hydroxyl groups excluding tert-OH is 1. The van der Waals surface area contributed by atoms with E-state index in [2.05, 4.69) is 0 Å². The summed E-state index contributed by atoms with van der Waals surface area (Å²) < 4.78 is 0. The highest BCUT2D eigenvalue weighted by Gasteiger charge is 2.27. The van der Waals surface area contributed by atoms with E-state index in [1.807, 2.05) is 19.9 Å². The second-order valence-corrected chi connectivity index (χ2v) is 3.74. The van der Waals surface area contributed by atoms with Crippen LogP contribution in [0.4, 0.5) is 0 Å². The molecule has 0 aromatic rings. The van der Waals surface area contributed by atoms with Crippen molar-refractivity contribution in [2.45, 2.75) is 26.9 Å². The smallest absolute Gasteiger partial charge is 0.146 e. The lowest BCUT2D eigenvalue weighted by molar-refractivity contribution is -0.105. The quantitative estimate of drug-likeness (QED) is 0.473. The molecule has 1 aliphatic carbocycles. The van der Waals surface area contributed by atoms with E-state index in [-0.39, 0.29) is 5.41 Å². The van der Waals surface area contributed by atoms with Crippen LogP contribution in [-0.4, -0.2) is 17.5 Å². The highest BCUT2D eigenvalue weighted by molar-refractivity contribution is 5.78. The van der Waals surface area contributed by atoms with E-state index in [9.17, 15) is 9.90 Å². The zero-order valence-electron chi connectivity index (χ0n) is 7.66. The SMILES string of the molecule is CC1=C(C=O)C(C)(C)C=C[C@H]1O. The lowest BCUT2D eigenvalue weighted by Crippen LogP contribution is -2.23. The molecule has 2 nitrogen and oxygen atoms in total. The van der Waals surface area contributed by atoms with E-state index in [0.29, 0.717) is 5.57 Å². The normalized spacial score (nSPS) is 27.5. The number of aliphatic hydroxyl groups is 1. The van der Waals surface area contributed by atoms with Crippen molar-refractivity contribution in [1.29, 1.82) is 0 Å². The van der Waals surface area contributed by atoms with Crippen LogP contribution in [0.3, 0.4) is 0 Å². The Morgan fingerprint density at radius 2 is 2.17 bits per heavy atom. The summed E-state index contributed by atoms with van der Waals surface area (Å²) in [5, 5.41) is 9.41. The summed E-state index contributed by atoms with van der Waals surface area (Å²) in [4.78, 5) is 10.7. The van der Waals surface area contributed by atoms with Gasteiger partial charge in [0.25, 0.3) is 0 Å². The third-order valence-corrected chi connectivity index (χ3v) is 2.38. The third-order valence-electron chi connectivity index (χ3n) is 2.38. The Morgan fingerprint density at radius 1 is 1.58 bits per heavy atom. The molecule has 66 valence electrons. The minimum atomic E-state index is -0.585. The summed E-state index contributed by atoms with van der Waals surface area (Å²) in [5.41, 5.74) is 1.22. The Labute approximate surface area is 72.6 Å². The molecule has 2 heteroatoms. The van der Waals surface area contributed by atoms with E-state index in [4.69, 9.17) is 0 Å². The van der Waals surface area contributed by atoms with Gasteiger partial charge in [0.05, 0.1) is 6.10 Å². The van der Waals surface area contributed by atoms with E-state index in [0.717, 1.165) is 11.9 Å². The van der Waals surface area contributed by atoms with Gasteiger partial charge in [-0.05, 0) is 12.5 Å². The molecule has 0 spiro atoms. The maximum Gasteiger partial charge on any atom is 0.146 e. The maximum absolute atomic E-state index is 10.7. The molecule has 0 saturated carbocycles. The van der Waals surface area contributed by atoms with Gasteiger partial charge in [-0.1, -0.05) is 26.0 Å². The van der Waals surface area contributed by atoms with Crippen molar-refractivity contribution in [3.63, 3.8) is 0 Å². The van der Waals surface area contributed by atoms with Gasteiger partial charge in [0, 0.05) is 11.0 Å². The molecule has 0 radical (unpaired) electrons. The summed E-state index contributed by atoms with van der Waals surface area (Å²) in [6.45, 7) is 5.71. The van der Waals surface area contributed by atoms with Gasteiger partial charge < -0.3 is 5.11 Å². The van der Waals surface area contributed by atoms with Crippen molar-refractivity contribution in [3.8, 4) is 0 Å². The minimum absolute atomic E-state index is 0.231. The number of aldehydes is 1. The van der Waals surface area contributed by atoms with Gasteiger partial charge in [-0.25, -0.2) is 0 Å². The first-order valence-corrected chi connectivity index (χ1v) is 4.03. The third kappa shape index (κ3) is 1.34. The van der Waals surface area contributed by atoms with Crippen molar-refractivity contribution < 1.29 is 9.90 Å². The average molecular weight is 166 g/mol. The van der Waals surface area contributed by atoms with Gasteiger partial charge in [-0.2, -0.15) is 0 Å². The molecule has 0 bridgehead atoms. The van der Waals surface area contributed by atoms with Crippen LogP contribution in [0, 0.1) is 5.41 Å². The standard InChI is InChI=1S/C10H14O2/c1-7-8(6-11)10(2,3)5-4-9(7)12/h4-6,9,12H,1-3H3/t9-/m1/s1. The second-order valence-electron chi connectivity index (χ2n) is 3.74. The highest BCUT2D eigenvalue weighted by Crippen LogP contribution is 2.33. The Bertz CT molecular complexity index is 259. The predicted molar refractivity (Wildman–Crippen MR) is 47.7 cm³/mol. The summed E-state index contributed by atoms with van der Waals surface area (Å²) >= 11 is 0. The van der Waals surface area contributed by atoms with E-state index in [1.165, 1.54) is 0 Å². The summed E-state index contributed by atoms with van der Waals surface area (Å²) in [6, 6.07) is 0. The van der Waals surface area contributed by atoms with Crippen LogP contribution >= 0.6 is 0 Å². The Morgan fingerprint density at radius 3 is 2.58 bits per heavy atom. The van der Waals surface area contributed by atoms with Gasteiger partial charge in [-0.15, -0.1) is 0 Å². The van der Waals surface area contributed by atoms with Crippen molar-refractivity contribution in [3.05, 3.63) is 23.3 Å². The van der Waals surface area contributed by atoms with Crippen LogP contribution in [0.25, 0.3) is 0 Å². The number of hydrogen-bond donors (Lipinski definition) is 1. The zero-order valence-corrected chi connectivity index (χ0v) is 7.66. The van der Waals surface area contributed by atoms with Crippen LogP contribution in [0.2, 0.25) is 0 Å². The van der Waals surface area contributed by atoms with E-state index in [1.54, 1.807) is 13.0 Å². The molecule has 1 rings (SSSR count). The minimum Gasteiger partial charge on any atom is -0.385 e. The molecule has 1 aliphatic rings. The molecule has 12 heavy (non-hydrogen) atoms. The molecule has 0 aromatic heterocycles. The second kappa shape index (κ2) is 2.87. The summed E-state index contributed by atoms with van der Waals surface area (Å²) in [6.07, 6.45) is 3.84. The first-order chi connectivity index (χ1) is 5.49.